The Morgan fingerprint density at radius 2 is 1.96 bits per heavy atom. The summed E-state index contributed by atoms with van der Waals surface area (Å²) in [6.45, 7) is 1.59. The Labute approximate surface area is 136 Å². The summed E-state index contributed by atoms with van der Waals surface area (Å²) in [5, 5.41) is 10.1. The molecule has 0 unspecified atom stereocenters. The van der Waals surface area contributed by atoms with E-state index >= 15 is 0 Å². The van der Waals surface area contributed by atoms with Gasteiger partial charge in [0.1, 0.15) is 5.76 Å². The van der Waals surface area contributed by atoms with Crippen LogP contribution in [0.3, 0.4) is 0 Å². The summed E-state index contributed by atoms with van der Waals surface area (Å²) >= 11 is 0. The minimum absolute atomic E-state index is 0.0158. The maximum Gasteiger partial charge on any atom is 0.227 e. The largest absolute Gasteiger partial charge is 0.502 e. The van der Waals surface area contributed by atoms with Crippen molar-refractivity contribution in [2.75, 3.05) is 0 Å². The third-order valence-electron chi connectivity index (χ3n) is 3.69. The molecule has 0 fully saturated rings. The molecule has 0 saturated heterocycles. The molecule has 0 spiro atoms. The Morgan fingerprint density at radius 1 is 1.25 bits per heavy atom. The average molecular weight is 325 g/mol. The molecule has 122 valence electrons. The molecule has 0 saturated carbocycles. The number of aromatic nitrogens is 2. The normalized spacial score (nSPS) is 12.2. The molecule has 7 nitrogen and oxygen atoms in total. The molecule has 3 aromatic rings. The maximum atomic E-state index is 11.8. The van der Waals surface area contributed by atoms with Crippen LogP contribution < -0.4 is 11.2 Å². The molecule has 0 aliphatic carbocycles. The fourth-order valence-electron chi connectivity index (χ4n) is 2.62. The van der Waals surface area contributed by atoms with Gasteiger partial charge >= 0.3 is 0 Å². The van der Waals surface area contributed by atoms with E-state index in [0.29, 0.717) is 22.4 Å². The van der Waals surface area contributed by atoms with Crippen LogP contribution in [0.4, 0.5) is 0 Å². The van der Waals surface area contributed by atoms with Gasteiger partial charge in [-0.3, -0.25) is 19.6 Å². The second-order valence-electron chi connectivity index (χ2n) is 5.46. The first-order valence-corrected chi connectivity index (χ1v) is 7.28. The number of hydrogen-bond donors (Lipinski definition) is 2. The highest BCUT2D eigenvalue weighted by Gasteiger charge is 2.25. The van der Waals surface area contributed by atoms with Gasteiger partial charge in [0, 0.05) is 24.9 Å². The van der Waals surface area contributed by atoms with Crippen LogP contribution in [0.5, 0.6) is 5.75 Å². The number of hydrogen-bond acceptors (Lipinski definition) is 6. The summed E-state index contributed by atoms with van der Waals surface area (Å²) in [5.74, 6) is -1.44. The van der Waals surface area contributed by atoms with E-state index in [4.69, 9.17) is 10.2 Å². The summed E-state index contributed by atoms with van der Waals surface area (Å²) in [5.41, 5.74) is 6.73. The van der Waals surface area contributed by atoms with E-state index in [-0.39, 0.29) is 12.2 Å². The van der Waals surface area contributed by atoms with Crippen molar-refractivity contribution >= 4 is 16.9 Å². The predicted molar refractivity (Wildman–Crippen MR) is 86.6 cm³/mol. The van der Waals surface area contributed by atoms with Gasteiger partial charge in [0.2, 0.25) is 17.1 Å². The molecule has 7 heteroatoms. The molecule has 0 radical (unpaired) electrons. The summed E-state index contributed by atoms with van der Waals surface area (Å²) in [7, 11) is 0. The van der Waals surface area contributed by atoms with E-state index in [2.05, 4.69) is 9.97 Å². The van der Waals surface area contributed by atoms with Gasteiger partial charge in [0.05, 0.1) is 17.0 Å². The monoisotopic (exact) mass is 325 g/mol. The molecule has 3 rings (SSSR count). The van der Waals surface area contributed by atoms with E-state index in [0.717, 1.165) is 0 Å². The lowest BCUT2D eigenvalue weighted by atomic mass is 9.91. The van der Waals surface area contributed by atoms with Crippen molar-refractivity contribution in [3.63, 3.8) is 0 Å². The maximum absolute atomic E-state index is 11.8. The number of aromatic hydroxyl groups is 1. The van der Waals surface area contributed by atoms with Crippen LogP contribution in [0.25, 0.3) is 11.0 Å². The lowest BCUT2D eigenvalue weighted by Gasteiger charge is -2.16. The quantitative estimate of drug-likeness (QED) is 0.752. The average Bonchev–Trinajstić information content (AvgIpc) is 2.55. The number of amides is 1. The molecule has 24 heavy (non-hydrogen) atoms. The smallest absolute Gasteiger partial charge is 0.227 e. The number of benzene rings is 1. The Hall–Kier alpha value is -3.22. The number of nitrogens with zero attached hydrogens (tertiary/aromatic N) is 2. The van der Waals surface area contributed by atoms with Crippen LogP contribution in [-0.2, 0) is 4.79 Å². The Bertz CT molecular complexity index is 981. The highest BCUT2D eigenvalue weighted by atomic mass is 16.4. The van der Waals surface area contributed by atoms with Crippen molar-refractivity contribution in [1.29, 1.82) is 0 Å². The van der Waals surface area contributed by atoms with Gasteiger partial charge in [0.15, 0.2) is 5.76 Å². The van der Waals surface area contributed by atoms with Crippen LogP contribution in [0.15, 0.2) is 45.9 Å². The zero-order chi connectivity index (χ0) is 17.3. The molecule has 0 aliphatic rings. The van der Waals surface area contributed by atoms with Gasteiger partial charge in [-0.05, 0) is 24.6 Å². The minimum Gasteiger partial charge on any atom is -0.502 e. The first kappa shape index (κ1) is 15.7. The fraction of sp³-hybridized carbons (Fsp3) is 0.176. The SMILES string of the molecule is Cc1cc(=O)c(O)c([C@H](CC(N)=O)c2ccc3nccnc3c2)o1. The van der Waals surface area contributed by atoms with Crippen LogP contribution in [0, 0.1) is 6.92 Å². The topological polar surface area (TPSA) is 119 Å². The fourth-order valence-corrected chi connectivity index (χ4v) is 2.62. The van der Waals surface area contributed by atoms with Gasteiger partial charge in [-0.2, -0.15) is 0 Å². The molecule has 2 heterocycles. The molecule has 1 aromatic carbocycles. The highest BCUT2D eigenvalue weighted by Crippen LogP contribution is 2.33. The van der Waals surface area contributed by atoms with Gasteiger partial charge in [-0.25, -0.2) is 0 Å². The Balaban J connectivity index is 2.19. The number of primary amides is 1. The lowest BCUT2D eigenvalue weighted by molar-refractivity contribution is -0.118. The first-order valence-electron chi connectivity index (χ1n) is 7.28. The van der Waals surface area contributed by atoms with E-state index in [9.17, 15) is 14.7 Å². The van der Waals surface area contributed by atoms with E-state index < -0.39 is 23.0 Å². The van der Waals surface area contributed by atoms with Crippen molar-refractivity contribution in [3.8, 4) is 5.75 Å². The van der Waals surface area contributed by atoms with Crippen LogP contribution in [-0.4, -0.2) is 21.0 Å². The van der Waals surface area contributed by atoms with Gasteiger partial charge < -0.3 is 15.3 Å². The standard InChI is InChI=1S/C17H15N3O4/c1-9-6-14(21)16(23)17(24-9)11(8-15(18)22)10-2-3-12-13(7-10)20-5-4-19-12/h2-7,11,23H,8H2,1H3,(H2,18,22)/t11-/m1/s1. The van der Waals surface area contributed by atoms with Gasteiger partial charge in [0.25, 0.3) is 0 Å². The van der Waals surface area contributed by atoms with Crippen molar-refractivity contribution in [2.45, 2.75) is 19.3 Å². The van der Waals surface area contributed by atoms with E-state index in [1.165, 1.54) is 6.07 Å². The molecule has 2 aromatic heterocycles. The summed E-state index contributed by atoms with van der Waals surface area (Å²) in [6, 6.07) is 6.41. The van der Waals surface area contributed by atoms with E-state index in [1.54, 1.807) is 37.5 Å². The number of carbonyl (C=O) groups excluding carboxylic acids is 1. The van der Waals surface area contributed by atoms with Crippen molar-refractivity contribution in [2.24, 2.45) is 5.73 Å². The number of aryl methyl sites for hydroxylation is 1. The third-order valence-corrected chi connectivity index (χ3v) is 3.69. The van der Waals surface area contributed by atoms with Crippen molar-refractivity contribution in [1.82, 2.24) is 9.97 Å². The second-order valence-corrected chi connectivity index (χ2v) is 5.46. The lowest BCUT2D eigenvalue weighted by Crippen LogP contribution is -2.18. The molecule has 1 atom stereocenters. The Morgan fingerprint density at radius 3 is 2.67 bits per heavy atom. The summed E-state index contributed by atoms with van der Waals surface area (Å²) in [6.07, 6.45) is 3.01. The molecule has 0 aliphatic heterocycles. The molecular weight excluding hydrogens is 310 g/mol. The van der Waals surface area contributed by atoms with E-state index in [1.807, 2.05) is 0 Å². The Kier molecular flexibility index (Phi) is 3.99. The van der Waals surface area contributed by atoms with Gasteiger partial charge in [-0.15, -0.1) is 0 Å². The van der Waals surface area contributed by atoms with Crippen LogP contribution in [0.2, 0.25) is 0 Å². The minimum atomic E-state index is -0.693. The summed E-state index contributed by atoms with van der Waals surface area (Å²) in [4.78, 5) is 31.7. The van der Waals surface area contributed by atoms with Gasteiger partial charge in [-0.1, -0.05) is 6.07 Å². The van der Waals surface area contributed by atoms with Crippen molar-refractivity contribution < 1.29 is 14.3 Å². The highest BCUT2D eigenvalue weighted by molar-refractivity contribution is 5.77. The molecular formula is C17H15N3O4. The zero-order valence-corrected chi connectivity index (χ0v) is 12.9. The molecule has 0 bridgehead atoms. The molecule has 3 N–H and O–H groups in total. The summed E-state index contributed by atoms with van der Waals surface area (Å²) < 4.78 is 5.52. The molecule has 1 amide bonds. The van der Waals surface area contributed by atoms with Crippen molar-refractivity contribution in [3.05, 3.63) is 64.0 Å². The second kappa shape index (κ2) is 6.11. The first-order chi connectivity index (χ1) is 11.5. The third kappa shape index (κ3) is 2.96. The number of nitrogens with two attached hydrogens (primary N) is 1. The number of rotatable bonds is 4. The number of fused-ring (bicyclic) bond motifs is 1. The van der Waals surface area contributed by atoms with Crippen LogP contribution >= 0.6 is 0 Å². The zero-order valence-electron chi connectivity index (χ0n) is 12.9. The number of carbonyl (C=O) groups is 1. The van der Waals surface area contributed by atoms with Crippen LogP contribution in [0.1, 0.15) is 29.4 Å². The predicted octanol–water partition coefficient (Wildman–Crippen LogP) is 1.60.